The molecule has 0 fully saturated rings. The van der Waals surface area contributed by atoms with Crippen molar-refractivity contribution in [2.75, 3.05) is 7.11 Å². The van der Waals surface area contributed by atoms with Crippen molar-refractivity contribution < 1.29 is 14.3 Å². The van der Waals surface area contributed by atoms with Crippen molar-refractivity contribution in [1.82, 2.24) is 10.2 Å². The molecule has 0 spiro atoms. The largest absolute Gasteiger partial charge is 0.499 e. The van der Waals surface area contributed by atoms with Crippen LogP contribution >= 0.6 is 0 Å². The fourth-order valence-corrected chi connectivity index (χ4v) is 2.86. The van der Waals surface area contributed by atoms with Gasteiger partial charge in [-0.2, -0.15) is 0 Å². The average molecular weight is 332 g/mol. The van der Waals surface area contributed by atoms with Crippen molar-refractivity contribution >= 4 is 11.8 Å². The van der Waals surface area contributed by atoms with Crippen LogP contribution in [-0.2, 0) is 14.3 Å². The summed E-state index contributed by atoms with van der Waals surface area (Å²) in [4.78, 5) is 26.7. The van der Waals surface area contributed by atoms with E-state index < -0.39 is 6.04 Å². The maximum absolute atomic E-state index is 13.0. The zero-order chi connectivity index (χ0) is 18.1. The molecular formula is C19H28N2O3. The predicted octanol–water partition coefficient (Wildman–Crippen LogP) is 2.74. The van der Waals surface area contributed by atoms with Gasteiger partial charge in [-0.3, -0.25) is 9.59 Å². The van der Waals surface area contributed by atoms with E-state index in [1.807, 2.05) is 6.92 Å². The molecule has 0 saturated carbocycles. The lowest BCUT2D eigenvalue weighted by molar-refractivity contribution is -0.136. The number of carbonyl (C=O) groups is 2. The van der Waals surface area contributed by atoms with E-state index in [1.54, 1.807) is 18.1 Å². The smallest absolute Gasteiger partial charge is 0.250 e. The van der Waals surface area contributed by atoms with E-state index in [0.717, 1.165) is 25.0 Å². The highest BCUT2D eigenvalue weighted by Crippen LogP contribution is 2.30. The number of hydrogen-bond acceptors (Lipinski definition) is 3. The first kappa shape index (κ1) is 19.8. The van der Waals surface area contributed by atoms with Gasteiger partial charge in [-0.25, -0.2) is 0 Å². The van der Waals surface area contributed by atoms with Crippen LogP contribution in [0.1, 0.15) is 52.4 Å². The number of rotatable bonds is 9. The van der Waals surface area contributed by atoms with Crippen molar-refractivity contribution in [3.8, 4) is 12.3 Å². The van der Waals surface area contributed by atoms with Crippen LogP contribution in [0.5, 0.6) is 0 Å². The molecule has 5 heteroatoms. The zero-order valence-electron chi connectivity index (χ0n) is 14.9. The number of ether oxygens (including phenoxy) is 1. The Morgan fingerprint density at radius 1 is 1.46 bits per heavy atom. The van der Waals surface area contributed by atoms with Crippen molar-refractivity contribution in [3.05, 3.63) is 24.1 Å². The third kappa shape index (κ3) is 4.89. The molecule has 0 aromatic carbocycles. The first-order valence-electron chi connectivity index (χ1n) is 8.50. The molecule has 0 radical (unpaired) electrons. The first-order valence-corrected chi connectivity index (χ1v) is 8.50. The second kappa shape index (κ2) is 9.82. The average Bonchev–Trinajstić information content (AvgIpc) is 2.87. The first-order chi connectivity index (χ1) is 11.5. The number of nitrogens with zero attached hydrogens (tertiary/aromatic N) is 1. The van der Waals surface area contributed by atoms with E-state index in [0.29, 0.717) is 18.5 Å². The van der Waals surface area contributed by atoms with Gasteiger partial charge >= 0.3 is 0 Å². The summed E-state index contributed by atoms with van der Waals surface area (Å²) in [6, 6.07) is -0.719. The Kier molecular flexibility index (Phi) is 8.11. The van der Waals surface area contributed by atoms with Crippen LogP contribution in [0.15, 0.2) is 24.1 Å². The lowest BCUT2D eigenvalue weighted by Gasteiger charge is -2.30. The molecule has 0 unspecified atom stereocenters. The highest BCUT2D eigenvalue weighted by Gasteiger charge is 2.37. The van der Waals surface area contributed by atoms with Gasteiger partial charge in [0.25, 0.3) is 0 Å². The Morgan fingerprint density at radius 3 is 2.71 bits per heavy atom. The van der Waals surface area contributed by atoms with E-state index in [1.165, 1.54) is 0 Å². The van der Waals surface area contributed by atoms with E-state index in [-0.39, 0.29) is 24.3 Å². The molecule has 1 N–H and O–H groups in total. The molecule has 24 heavy (non-hydrogen) atoms. The van der Waals surface area contributed by atoms with Crippen LogP contribution in [0.4, 0.5) is 0 Å². The fraction of sp³-hybridized carbons (Fsp3) is 0.579. The number of allylic oxidation sites excluding steroid dienone is 1. The number of methoxy groups -OCH3 is 1. The number of amides is 2. The summed E-state index contributed by atoms with van der Waals surface area (Å²) in [5, 5.41) is 2.81. The molecule has 1 aliphatic heterocycles. The summed E-state index contributed by atoms with van der Waals surface area (Å²) in [5.74, 6) is 2.84. The number of hydrogen-bond donors (Lipinski definition) is 1. The number of nitrogens with one attached hydrogen (secondary N) is 1. The van der Waals surface area contributed by atoms with Gasteiger partial charge in [0.2, 0.25) is 11.8 Å². The summed E-state index contributed by atoms with van der Waals surface area (Å²) in [6.45, 7) is 8.01. The summed E-state index contributed by atoms with van der Waals surface area (Å²) in [6.07, 6.45) is 10.6. The van der Waals surface area contributed by atoms with Crippen LogP contribution in [0.3, 0.4) is 0 Å². The molecule has 2 atom stereocenters. The molecular weight excluding hydrogens is 304 g/mol. The summed E-state index contributed by atoms with van der Waals surface area (Å²) in [7, 11) is 1.60. The predicted molar refractivity (Wildman–Crippen MR) is 94.7 cm³/mol. The molecule has 0 saturated heterocycles. The fourth-order valence-electron chi connectivity index (χ4n) is 2.86. The van der Waals surface area contributed by atoms with Crippen LogP contribution in [0.25, 0.3) is 0 Å². The molecule has 1 rings (SSSR count). The molecule has 2 amide bonds. The van der Waals surface area contributed by atoms with Crippen molar-refractivity contribution in [1.29, 1.82) is 0 Å². The Bertz CT molecular complexity index is 545. The Morgan fingerprint density at radius 2 is 2.17 bits per heavy atom. The zero-order valence-corrected chi connectivity index (χ0v) is 14.9. The van der Waals surface area contributed by atoms with E-state index in [9.17, 15) is 9.59 Å². The summed E-state index contributed by atoms with van der Waals surface area (Å²) >= 11 is 0. The van der Waals surface area contributed by atoms with Gasteiger partial charge in [0.15, 0.2) is 0 Å². The number of carbonyl (C=O) groups excluding carboxylic acids is 2. The molecule has 0 aromatic rings. The van der Waals surface area contributed by atoms with Gasteiger partial charge in [-0.1, -0.05) is 33.3 Å². The van der Waals surface area contributed by atoms with Crippen molar-refractivity contribution in [3.63, 3.8) is 0 Å². The highest BCUT2D eigenvalue weighted by atomic mass is 16.5. The van der Waals surface area contributed by atoms with Gasteiger partial charge in [0.1, 0.15) is 11.8 Å². The quantitative estimate of drug-likeness (QED) is 0.661. The van der Waals surface area contributed by atoms with Crippen LogP contribution < -0.4 is 5.32 Å². The second-order valence-corrected chi connectivity index (χ2v) is 5.87. The molecule has 1 aliphatic rings. The van der Waals surface area contributed by atoms with Gasteiger partial charge in [0, 0.05) is 24.6 Å². The molecule has 5 nitrogen and oxygen atoms in total. The summed E-state index contributed by atoms with van der Waals surface area (Å²) in [5.41, 5.74) is 0.606. The van der Waals surface area contributed by atoms with Gasteiger partial charge in [-0.05, 0) is 12.8 Å². The monoisotopic (exact) mass is 332 g/mol. The summed E-state index contributed by atoms with van der Waals surface area (Å²) < 4.78 is 5.40. The Labute approximate surface area is 145 Å². The van der Waals surface area contributed by atoms with E-state index in [2.05, 4.69) is 24.7 Å². The Balaban J connectivity index is 2.90. The van der Waals surface area contributed by atoms with Gasteiger partial charge in [-0.15, -0.1) is 12.3 Å². The second-order valence-electron chi connectivity index (χ2n) is 5.87. The molecule has 1 heterocycles. The molecule has 132 valence electrons. The van der Waals surface area contributed by atoms with Crippen LogP contribution in [0, 0.1) is 12.3 Å². The van der Waals surface area contributed by atoms with Crippen LogP contribution in [-0.4, -0.2) is 35.9 Å². The minimum Gasteiger partial charge on any atom is -0.499 e. The third-order valence-corrected chi connectivity index (χ3v) is 4.00. The topological polar surface area (TPSA) is 58.6 Å². The van der Waals surface area contributed by atoms with Crippen molar-refractivity contribution in [2.24, 2.45) is 0 Å². The Hall–Kier alpha value is -2.22. The lowest BCUT2D eigenvalue weighted by Crippen LogP contribution is -2.50. The highest BCUT2D eigenvalue weighted by molar-refractivity contribution is 5.89. The van der Waals surface area contributed by atoms with E-state index >= 15 is 0 Å². The standard InChI is InChI=1S/C19H28N2O3/c1-6-9-12-18(22)20-15(10-7-2)19(23)21-14(4)13-17(24-5)16(21)11-8-3/h1,13,15-16H,4,7-12H2,2-3,5H3,(H,20,22)/t15-,16-/m1/s1. The minimum absolute atomic E-state index is 0.141. The molecule has 0 aromatic heterocycles. The normalized spacial score (nSPS) is 17.9. The van der Waals surface area contributed by atoms with Gasteiger partial charge < -0.3 is 15.0 Å². The van der Waals surface area contributed by atoms with Crippen molar-refractivity contribution in [2.45, 2.75) is 64.5 Å². The lowest BCUT2D eigenvalue weighted by atomic mass is 10.1. The minimum atomic E-state index is -0.569. The number of terminal acetylenes is 1. The maximum Gasteiger partial charge on any atom is 0.250 e. The van der Waals surface area contributed by atoms with Gasteiger partial charge in [0.05, 0.1) is 13.2 Å². The molecule has 0 bridgehead atoms. The maximum atomic E-state index is 13.0. The van der Waals surface area contributed by atoms with E-state index in [4.69, 9.17) is 11.2 Å². The third-order valence-electron chi connectivity index (χ3n) is 4.00. The molecule has 0 aliphatic carbocycles. The van der Waals surface area contributed by atoms with Crippen LogP contribution in [0.2, 0.25) is 0 Å². The SMILES string of the molecule is C#CCCC(=O)N[C@H](CCC)C(=O)N1C(=C)C=C(OC)[C@H]1CCC.